The molecule has 0 spiro atoms. The number of nitrogens with one attached hydrogen (secondary N) is 1. The zero-order valence-corrected chi connectivity index (χ0v) is 13.9. The van der Waals surface area contributed by atoms with Gasteiger partial charge in [-0.2, -0.15) is 0 Å². The van der Waals surface area contributed by atoms with Gasteiger partial charge in [0.05, 0.1) is 0 Å². The Kier molecular flexibility index (Phi) is 8.60. The minimum absolute atomic E-state index is 0.509. The van der Waals surface area contributed by atoms with E-state index in [1.165, 1.54) is 44.1 Å². The van der Waals surface area contributed by atoms with Crippen LogP contribution < -0.4 is 5.32 Å². The Bertz CT molecular complexity index is 323. The van der Waals surface area contributed by atoms with Gasteiger partial charge in [-0.1, -0.05) is 83.7 Å². The zero-order valence-electron chi connectivity index (χ0n) is 13.9. The molecule has 0 saturated carbocycles. The van der Waals surface area contributed by atoms with E-state index in [2.05, 4.69) is 63.3 Å². The molecule has 0 radical (unpaired) electrons. The van der Waals surface area contributed by atoms with Crippen LogP contribution in [0.25, 0.3) is 0 Å². The molecule has 1 aromatic carbocycles. The van der Waals surface area contributed by atoms with Crippen molar-refractivity contribution in [3.63, 3.8) is 0 Å². The molecule has 1 unspecified atom stereocenters. The fourth-order valence-corrected chi connectivity index (χ4v) is 3.19. The van der Waals surface area contributed by atoms with E-state index in [9.17, 15) is 0 Å². The maximum absolute atomic E-state index is 3.97. The van der Waals surface area contributed by atoms with Crippen molar-refractivity contribution in [2.45, 2.75) is 78.3 Å². The molecule has 1 nitrogen and oxygen atoms in total. The van der Waals surface area contributed by atoms with Gasteiger partial charge in [-0.25, -0.2) is 0 Å². The maximum Gasteiger partial charge on any atom is 0.0350 e. The van der Waals surface area contributed by atoms with Crippen molar-refractivity contribution in [1.29, 1.82) is 0 Å². The Labute approximate surface area is 126 Å². The standard InChI is InChI=1S/C19H33N/c1-5-12-18(13-6-2)20-19(16(7-3)8-4)17-14-10-9-11-15-17/h9-11,14-16,18-20H,5-8,12-13H2,1-4H3. The fourth-order valence-electron chi connectivity index (χ4n) is 3.19. The first-order chi connectivity index (χ1) is 9.76. The lowest BCUT2D eigenvalue weighted by Crippen LogP contribution is -2.36. The summed E-state index contributed by atoms with van der Waals surface area (Å²) in [7, 11) is 0. The van der Waals surface area contributed by atoms with Gasteiger partial charge >= 0.3 is 0 Å². The van der Waals surface area contributed by atoms with E-state index in [4.69, 9.17) is 0 Å². The van der Waals surface area contributed by atoms with Crippen LogP contribution in [0.3, 0.4) is 0 Å². The fraction of sp³-hybridized carbons (Fsp3) is 0.684. The van der Waals surface area contributed by atoms with Crippen molar-refractivity contribution in [3.05, 3.63) is 35.9 Å². The Morgan fingerprint density at radius 3 is 1.85 bits per heavy atom. The molecule has 0 amide bonds. The average Bonchev–Trinajstić information content (AvgIpc) is 2.48. The lowest BCUT2D eigenvalue weighted by atomic mass is 9.87. The zero-order chi connectivity index (χ0) is 14.8. The van der Waals surface area contributed by atoms with Crippen LogP contribution in [-0.4, -0.2) is 6.04 Å². The predicted molar refractivity (Wildman–Crippen MR) is 90.0 cm³/mol. The van der Waals surface area contributed by atoms with Crippen LogP contribution in [0.5, 0.6) is 0 Å². The van der Waals surface area contributed by atoms with Crippen molar-refractivity contribution in [2.24, 2.45) is 5.92 Å². The van der Waals surface area contributed by atoms with E-state index in [1.807, 2.05) is 0 Å². The van der Waals surface area contributed by atoms with Crippen LogP contribution in [0.4, 0.5) is 0 Å². The monoisotopic (exact) mass is 275 g/mol. The van der Waals surface area contributed by atoms with Crippen LogP contribution in [0.1, 0.15) is 77.8 Å². The first kappa shape index (κ1) is 17.2. The summed E-state index contributed by atoms with van der Waals surface area (Å²) in [6.07, 6.45) is 7.60. The van der Waals surface area contributed by atoms with Gasteiger partial charge in [-0.3, -0.25) is 0 Å². The van der Waals surface area contributed by atoms with Crippen LogP contribution in [0.2, 0.25) is 0 Å². The molecular weight excluding hydrogens is 242 g/mol. The largest absolute Gasteiger partial charge is 0.307 e. The lowest BCUT2D eigenvalue weighted by Gasteiger charge is -2.31. The molecule has 0 aliphatic carbocycles. The van der Waals surface area contributed by atoms with E-state index in [0.717, 1.165) is 5.92 Å². The highest BCUT2D eigenvalue weighted by molar-refractivity contribution is 5.20. The van der Waals surface area contributed by atoms with Crippen molar-refractivity contribution in [1.82, 2.24) is 5.32 Å². The summed E-state index contributed by atoms with van der Waals surface area (Å²) in [6.45, 7) is 9.22. The normalized spacial score (nSPS) is 13.1. The molecular formula is C19H33N. The van der Waals surface area contributed by atoms with Gasteiger partial charge in [0.2, 0.25) is 0 Å². The highest BCUT2D eigenvalue weighted by Crippen LogP contribution is 2.28. The first-order valence-corrected chi connectivity index (χ1v) is 8.57. The Hall–Kier alpha value is -0.820. The van der Waals surface area contributed by atoms with E-state index in [1.54, 1.807) is 0 Å². The SMILES string of the molecule is CCCC(CCC)NC(c1ccccc1)C(CC)CC. The number of hydrogen-bond donors (Lipinski definition) is 1. The summed E-state index contributed by atoms with van der Waals surface area (Å²) < 4.78 is 0. The lowest BCUT2D eigenvalue weighted by molar-refractivity contribution is 0.291. The molecule has 0 aliphatic rings. The second kappa shape index (κ2) is 9.99. The van der Waals surface area contributed by atoms with Crippen LogP contribution >= 0.6 is 0 Å². The van der Waals surface area contributed by atoms with Crippen molar-refractivity contribution in [3.8, 4) is 0 Å². The topological polar surface area (TPSA) is 12.0 Å². The third-order valence-electron chi connectivity index (χ3n) is 4.37. The van der Waals surface area contributed by atoms with Gasteiger partial charge in [0.25, 0.3) is 0 Å². The number of benzene rings is 1. The molecule has 1 heteroatoms. The van der Waals surface area contributed by atoms with Gasteiger partial charge in [0.15, 0.2) is 0 Å². The van der Waals surface area contributed by atoms with Gasteiger partial charge in [-0.15, -0.1) is 0 Å². The Morgan fingerprint density at radius 1 is 0.850 bits per heavy atom. The summed E-state index contributed by atoms with van der Waals surface area (Å²) in [5, 5.41) is 3.97. The van der Waals surface area contributed by atoms with Crippen LogP contribution in [0, 0.1) is 5.92 Å². The van der Waals surface area contributed by atoms with E-state index >= 15 is 0 Å². The number of rotatable bonds is 10. The average molecular weight is 275 g/mol. The van der Waals surface area contributed by atoms with Crippen molar-refractivity contribution >= 4 is 0 Å². The summed E-state index contributed by atoms with van der Waals surface area (Å²) >= 11 is 0. The first-order valence-electron chi connectivity index (χ1n) is 8.57. The molecule has 20 heavy (non-hydrogen) atoms. The van der Waals surface area contributed by atoms with Gasteiger partial charge in [0, 0.05) is 12.1 Å². The molecule has 0 bridgehead atoms. The smallest absolute Gasteiger partial charge is 0.0350 e. The van der Waals surface area contributed by atoms with Crippen molar-refractivity contribution < 1.29 is 0 Å². The number of hydrogen-bond acceptors (Lipinski definition) is 1. The Balaban J connectivity index is 2.86. The minimum Gasteiger partial charge on any atom is -0.307 e. The van der Waals surface area contributed by atoms with Gasteiger partial charge in [-0.05, 0) is 24.3 Å². The predicted octanol–water partition coefficient (Wildman–Crippen LogP) is 5.72. The van der Waals surface area contributed by atoms with E-state index in [-0.39, 0.29) is 0 Å². The molecule has 1 atom stereocenters. The molecule has 0 heterocycles. The quantitative estimate of drug-likeness (QED) is 0.575. The second-order valence-electron chi connectivity index (χ2n) is 5.91. The van der Waals surface area contributed by atoms with E-state index < -0.39 is 0 Å². The molecule has 0 aromatic heterocycles. The van der Waals surface area contributed by atoms with Crippen LogP contribution in [0.15, 0.2) is 30.3 Å². The summed E-state index contributed by atoms with van der Waals surface area (Å²) in [5.41, 5.74) is 1.46. The van der Waals surface area contributed by atoms with Gasteiger partial charge < -0.3 is 5.32 Å². The third kappa shape index (κ3) is 5.28. The molecule has 1 aromatic rings. The second-order valence-corrected chi connectivity index (χ2v) is 5.91. The van der Waals surface area contributed by atoms with Crippen LogP contribution in [-0.2, 0) is 0 Å². The summed E-state index contributed by atoms with van der Waals surface area (Å²) in [5.74, 6) is 0.730. The molecule has 0 saturated heterocycles. The molecule has 0 fully saturated rings. The molecule has 1 rings (SSSR count). The Morgan fingerprint density at radius 2 is 1.40 bits per heavy atom. The highest BCUT2D eigenvalue weighted by atomic mass is 15.0. The third-order valence-corrected chi connectivity index (χ3v) is 4.37. The van der Waals surface area contributed by atoms with Crippen molar-refractivity contribution in [2.75, 3.05) is 0 Å². The molecule has 1 N–H and O–H groups in total. The molecule has 114 valence electrons. The minimum atomic E-state index is 0.509. The van der Waals surface area contributed by atoms with E-state index in [0.29, 0.717) is 12.1 Å². The maximum atomic E-state index is 3.97. The summed E-state index contributed by atoms with van der Waals surface area (Å²) in [4.78, 5) is 0. The molecule has 0 aliphatic heterocycles. The summed E-state index contributed by atoms with van der Waals surface area (Å²) in [6, 6.07) is 12.2. The highest BCUT2D eigenvalue weighted by Gasteiger charge is 2.22. The van der Waals surface area contributed by atoms with Gasteiger partial charge in [0.1, 0.15) is 0 Å².